The predicted molar refractivity (Wildman–Crippen MR) is 72.3 cm³/mol. The van der Waals surface area contributed by atoms with Gasteiger partial charge in [0, 0.05) is 19.1 Å². The maximum Gasteiger partial charge on any atom is 0.258 e. The zero-order valence-corrected chi connectivity index (χ0v) is 11.3. The molecule has 5 heteroatoms. The van der Waals surface area contributed by atoms with Gasteiger partial charge in [-0.1, -0.05) is 13.0 Å². The van der Waals surface area contributed by atoms with Crippen LogP contribution in [0.1, 0.15) is 23.7 Å². The van der Waals surface area contributed by atoms with Gasteiger partial charge in [0.1, 0.15) is 0 Å². The van der Waals surface area contributed by atoms with E-state index in [9.17, 15) is 9.90 Å². The number of nitrogens with zero attached hydrogens (tertiary/aromatic N) is 1. The van der Waals surface area contributed by atoms with Crippen molar-refractivity contribution in [1.29, 1.82) is 0 Å². The summed E-state index contributed by atoms with van der Waals surface area (Å²) in [6.07, 6.45) is 0.943. The Morgan fingerprint density at radius 3 is 2.95 bits per heavy atom. The fourth-order valence-corrected chi connectivity index (χ4v) is 2.63. The van der Waals surface area contributed by atoms with Crippen LogP contribution in [0.4, 0.5) is 0 Å². The lowest BCUT2D eigenvalue weighted by Gasteiger charge is -2.26. The first-order valence-corrected chi connectivity index (χ1v) is 6.47. The lowest BCUT2D eigenvalue weighted by atomic mass is 10.0. The number of rotatable bonds is 3. The molecule has 3 N–H and O–H groups in total. The van der Waals surface area contributed by atoms with E-state index >= 15 is 0 Å². The van der Waals surface area contributed by atoms with Gasteiger partial charge in [0.15, 0.2) is 11.5 Å². The first-order chi connectivity index (χ1) is 9.10. The van der Waals surface area contributed by atoms with Crippen LogP contribution in [0.2, 0.25) is 0 Å². The van der Waals surface area contributed by atoms with Crippen molar-refractivity contribution in [2.75, 3.05) is 20.2 Å². The molecule has 2 atom stereocenters. The molecule has 0 radical (unpaired) electrons. The van der Waals surface area contributed by atoms with E-state index < -0.39 is 0 Å². The van der Waals surface area contributed by atoms with Crippen molar-refractivity contribution >= 4 is 5.91 Å². The molecule has 1 saturated heterocycles. The Morgan fingerprint density at radius 2 is 2.32 bits per heavy atom. The normalized spacial score (nSPS) is 22.6. The molecule has 0 bridgehead atoms. The maximum absolute atomic E-state index is 12.5. The molecule has 0 aromatic heterocycles. The number of aromatic hydroxyl groups is 1. The summed E-state index contributed by atoms with van der Waals surface area (Å²) in [5, 5.41) is 10.0. The Hall–Kier alpha value is -1.75. The summed E-state index contributed by atoms with van der Waals surface area (Å²) in [5.41, 5.74) is 6.01. The molecule has 19 heavy (non-hydrogen) atoms. The van der Waals surface area contributed by atoms with Crippen LogP contribution < -0.4 is 10.5 Å². The van der Waals surface area contributed by atoms with Crippen LogP contribution in [0.3, 0.4) is 0 Å². The van der Waals surface area contributed by atoms with Gasteiger partial charge in [-0.15, -0.1) is 0 Å². The second-order valence-electron chi connectivity index (χ2n) is 4.92. The second kappa shape index (κ2) is 5.48. The monoisotopic (exact) mass is 264 g/mol. The fraction of sp³-hybridized carbons (Fsp3) is 0.500. The molecule has 0 saturated carbocycles. The number of amides is 1. The van der Waals surface area contributed by atoms with E-state index in [0.29, 0.717) is 24.8 Å². The quantitative estimate of drug-likeness (QED) is 0.860. The molecule has 1 aliphatic heterocycles. The van der Waals surface area contributed by atoms with Gasteiger partial charge in [0.25, 0.3) is 5.91 Å². The number of likely N-dealkylation sites (tertiary alicyclic amines) is 1. The lowest BCUT2D eigenvalue weighted by Crippen LogP contribution is -2.42. The van der Waals surface area contributed by atoms with E-state index in [-0.39, 0.29) is 23.3 Å². The molecule has 1 amide bonds. The van der Waals surface area contributed by atoms with Gasteiger partial charge < -0.3 is 20.5 Å². The van der Waals surface area contributed by atoms with Crippen LogP contribution in [0, 0.1) is 5.92 Å². The average molecular weight is 264 g/mol. The minimum Gasteiger partial charge on any atom is -0.504 e. The number of carbonyl (C=O) groups is 1. The van der Waals surface area contributed by atoms with E-state index in [1.807, 2.05) is 0 Å². The fourth-order valence-electron chi connectivity index (χ4n) is 2.63. The Balaban J connectivity index is 2.30. The summed E-state index contributed by atoms with van der Waals surface area (Å²) < 4.78 is 5.03. The van der Waals surface area contributed by atoms with Gasteiger partial charge in [0.05, 0.1) is 12.7 Å². The zero-order valence-electron chi connectivity index (χ0n) is 11.3. The number of ether oxygens (including phenoxy) is 1. The molecular formula is C14H20N2O3. The smallest absolute Gasteiger partial charge is 0.258 e. The van der Waals surface area contributed by atoms with E-state index in [1.54, 1.807) is 23.1 Å². The van der Waals surface area contributed by atoms with Crippen LogP contribution in [-0.2, 0) is 0 Å². The molecule has 1 heterocycles. The number of nitrogens with two attached hydrogens (primary N) is 1. The standard InChI is InChI=1S/C14H20N2O3/c1-9-6-7-16(11(9)8-15)14(18)10-4-3-5-12(19-2)13(10)17/h3-5,9,11,17H,6-8,15H2,1-2H3. The van der Waals surface area contributed by atoms with Crippen LogP contribution in [0.25, 0.3) is 0 Å². The summed E-state index contributed by atoms with van der Waals surface area (Å²) in [6.45, 7) is 3.21. The summed E-state index contributed by atoms with van der Waals surface area (Å²) in [4.78, 5) is 14.3. The third-order valence-corrected chi connectivity index (χ3v) is 3.83. The number of phenolic OH excluding ortho intramolecular Hbond substituents is 1. The van der Waals surface area contributed by atoms with Crippen molar-refractivity contribution in [3.63, 3.8) is 0 Å². The van der Waals surface area contributed by atoms with Crippen molar-refractivity contribution < 1.29 is 14.6 Å². The van der Waals surface area contributed by atoms with Gasteiger partial charge in [-0.05, 0) is 24.5 Å². The van der Waals surface area contributed by atoms with Crippen molar-refractivity contribution in [3.05, 3.63) is 23.8 Å². The summed E-state index contributed by atoms with van der Waals surface area (Å²) in [5.74, 6) is 0.408. The summed E-state index contributed by atoms with van der Waals surface area (Å²) in [6, 6.07) is 4.97. The number of hydrogen-bond donors (Lipinski definition) is 2. The second-order valence-corrected chi connectivity index (χ2v) is 4.92. The molecule has 2 unspecified atom stereocenters. The predicted octanol–water partition coefficient (Wildman–Crippen LogP) is 1.21. The lowest BCUT2D eigenvalue weighted by molar-refractivity contribution is 0.0723. The van der Waals surface area contributed by atoms with E-state index in [0.717, 1.165) is 6.42 Å². The van der Waals surface area contributed by atoms with E-state index in [1.165, 1.54) is 7.11 Å². The SMILES string of the molecule is COc1cccc(C(=O)N2CCC(C)C2CN)c1O. The van der Waals surface area contributed by atoms with Crippen LogP contribution >= 0.6 is 0 Å². The van der Waals surface area contributed by atoms with E-state index in [4.69, 9.17) is 10.5 Å². The highest BCUT2D eigenvalue weighted by Crippen LogP contribution is 2.32. The van der Waals surface area contributed by atoms with Gasteiger partial charge in [-0.25, -0.2) is 0 Å². The number of benzene rings is 1. The minimum atomic E-state index is -0.184. The highest BCUT2D eigenvalue weighted by molar-refractivity contribution is 5.98. The largest absolute Gasteiger partial charge is 0.504 e. The number of hydrogen-bond acceptors (Lipinski definition) is 4. The van der Waals surface area contributed by atoms with Gasteiger partial charge in [-0.2, -0.15) is 0 Å². The summed E-state index contributed by atoms with van der Waals surface area (Å²) >= 11 is 0. The van der Waals surface area contributed by atoms with E-state index in [2.05, 4.69) is 6.92 Å². The first-order valence-electron chi connectivity index (χ1n) is 6.47. The van der Waals surface area contributed by atoms with Crippen molar-refractivity contribution in [3.8, 4) is 11.5 Å². The zero-order chi connectivity index (χ0) is 14.0. The van der Waals surface area contributed by atoms with Crippen molar-refractivity contribution in [2.24, 2.45) is 11.7 Å². The molecule has 0 aliphatic carbocycles. The van der Waals surface area contributed by atoms with Crippen LogP contribution in [0.15, 0.2) is 18.2 Å². The number of carbonyl (C=O) groups excluding carboxylic acids is 1. The number of phenols is 1. The molecule has 1 aliphatic rings. The molecule has 2 rings (SSSR count). The molecule has 1 aromatic rings. The molecule has 0 spiro atoms. The van der Waals surface area contributed by atoms with Crippen LogP contribution in [-0.4, -0.2) is 42.2 Å². The molecular weight excluding hydrogens is 244 g/mol. The van der Waals surface area contributed by atoms with Crippen LogP contribution in [0.5, 0.6) is 11.5 Å². The van der Waals surface area contributed by atoms with Gasteiger partial charge in [0.2, 0.25) is 0 Å². The van der Waals surface area contributed by atoms with Crippen molar-refractivity contribution in [2.45, 2.75) is 19.4 Å². The summed E-state index contributed by atoms with van der Waals surface area (Å²) in [7, 11) is 1.46. The third kappa shape index (κ3) is 2.38. The molecule has 5 nitrogen and oxygen atoms in total. The molecule has 1 fully saturated rings. The average Bonchev–Trinajstić information content (AvgIpc) is 2.79. The first kappa shape index (κ1) is 13.7. The Labute approximate surface area is 113 Å². The van der Waals surface area contributed by atoms with Gasteiger partial charge >= 0.3 is 0 Å². The Kier molecular flexibility index (Phi) is 3.95. The topological polar surface area (TPSA) is 75.8 Å². The number of para-hydroxylation sites is 1. The highest BCUT2D eigenvalue weighted by atomic mass is 16.5. The minimum absolute atomic E-state index is 0.0399. The number of methoxy groups -OCH3 is 1. The van der Waals surface area contributed by atoms with Crippen molar-refractivity contribution in [1.82, 2.24) is 4.90 Å². The molecule has 104 valence electrons. The highest BCUT2D eigenvalue weighted by Gasteiger charge is 2.34. The Bertz CT molecular complexity index is 476. The molecule has 1 aromatic carbocycles. The Morgan fingerprint density at radius 1 is 1.58 bits per heavy atom. The third-order valence-electron chi connectivity index (χ3n) is 3.83. The van der Waals surface area contributed by atoms with Gasteiger partial charge in [-0.3, -0.25) is 4.79 Å². The maximum atomic E-state index is 12.5.